The van der Waals surface area contributed by atoms with Gasteiger partial charge < -0.3 is 4.74 Å². The maximum atomic E-state index is 11.9. The molecule has 0 spiro atoms. The summed E-state index contributed by atoms with van der Waals surface area (Å²) >= 11 is 0. The van der Waals surface area contributed by atoms with Gasteiger partial charge in [0.2, 0.25) is 0 Å². The first-order valence-corrected chi connectivity index (χ1v) is 6.01. The topological polar surface area (TPSA) is 69.4 Å². The number of aryl methyl sites for hydroxylation is 2. The van der Waals surface area contributed by atoms with E-state index in [1.807, 2.05) is 13.0 Å². The van der Waals surface area contributed by atoms with Crippen LogP contribution in [0.15, 0.2) is 42.5 Å². The molecule has 0 aliphatic carbocycles. The van der Waals surface area contributed by atoms with E-state index in [0.717, 1.165) is 5.56 Å². The molecule has 0 amide bonds. The monoisotopic (exact) mass is 271 g/mol. The third-order valence-electron chi connectivity index (χ3n) is 2.83. The van der Waals surface area contributed by atoms with Crippen LogP contribution in [-0.2, 0) is 0 Å². The van der Waals surface area contributed by atoms with Gasteiger partial charge in [-0.2, -0.15) is 0 Å². The Balaban J connectivity index is 2.20. The third kappa shape index (κ3) is 3.00. The summed E-state index contributed by atoms with van der Waals surface area (Å²) in [7, 11) is 0. The maximum absolute atomic E-state index is 11.9. The van der Waals surface area contributed by atoms with Crippen molar-refractivity contribution in [1.29, 1.82) is 0 Å². The number of hydrogen-bond acceptors (Lipinski definition) is 4. The summed E-state index contributed by atoms with van der Waals surface area (Å²) in [4.78, 5) is 22.2. The standard InChI is InChI=1S/C15H13NO4/c1-10-4-3-5-12(8-10)15(17)20-13-6-7-14(16(18)19)11(2)9-13/h3-9H,1-2H3. The fourth-order valence-corrected chi connectivity index (χ4v) is 1.83. The lowest BCUT2D eigenvalue weighted by Crippen LogP contribution is -2.08. The Bertz CT molecular complexity index is 679. The van der Waals surface area contributed by atoms with E-state index in [2.05, 4.69) is 0 Å². The molecule has 2 aromatic rings. The Morgan fingerprint density at radius 2 is 1.90 bits per heavy atom. The SMILES string of the molecule is Cc1cccc(C(=O)Oc2ccc([N+](=O)[O-])c(C)c2)c1. The zero-order valence-corrected chi connectivity index (χ0v) is 11.1. The molecular formula is C15H13NO4. The normalized spacial score (nSPS) is 10.1. The van der Waals surface area contributed by atoms with E-state index in [9.17, 15) is 14.9 Å². The summed E-state index contributed by atoms with van der Waals surface area (Å²) in [5.41, 5.74) is 1.85. The van der Waals surface area contributed by atoms with Crippen molar-refractivity contribution in [2.24, 2.45) is 0 Å². The van der Waals surface area contributed by atoms with Crippen LogP contribution in [0.3, 0.4) is 0 Å². The van der Waals surface area contributed by atoms with E-state index in [4.69, 9.17) is 4.74 Å². The Kier molecular flexibility index (Phi) is 3.79. The quantitative estimate of drug-likeness (QED) is 0.371. The van der Waals surface area contributed by atoms with Crippen LogP contribution in [-0.4, -0.2) is 10.9 Å². The lowest BCUT2D eigenvalue weighted by molar-refractivity contribution is -0.385. The lowest BCUT2D eigenvalue weighted by Gasteiger charge is -2.06. The van der Waals surface area contributed by atoms with Gasteiger partial charge >= 0.3 is 5.97 Å². The number of rotatable bonds is 3. The summed E-state index contributed by atoms with van der Waals surface area (Å²) in [6, 6.07) is 11.3. The van der Waals surface area contributed by atoms with Crippen LogP contribution >= 0.6 is 0 Å². The molecule has 0 atom stereocenters. The van der Waals surface area contributed by atoms with Crippen LogP contribution in [0.1, 0.15) is 21.5 Å². The number of esters is 1. The predicted molar refractivity (Wildman–Crippen MR) is 74.0 cm³/mol. The molecule has 0 bridgehead atoms. The highest BCUT2D eigenvalue weighted by Crippen LogP contribution is 2.23. The minimum atomic E-state index is -0.484. The minimum absolute atomic E-state index is 0.000328. The number of nitro benzene ring substituents is 1. The lowest BCUT2D eigenvalue weighted by atomic mass is 10.1. The second kappa shape index (κ2) is 5.52. The summed E-state index contributed by atoms with van der Waals surface area (Å²) in [5.74, 6) is -0.193. The van der Waals surface area contributed by atoms with Crippen molar-refractivity contribution in [2.75, 3.05) is 0 Å². The van der Waals surface area contributed by atoms with Gasteiger partial charge in [-0.25, -0.2) is 4.79 Å². The first kappa shape index (κ1) is 13.7. The number of nitro groups is 1. The van der Waals surface area contributed by atoms with Gasteiger partial charge in [-0.1, -0.05) is 17.7 Å². The fourth-order valence-electron chi connectivity index (χ4n) is 1.83. The number of ether oxygens (including phenoxy) is 1. The highest BCUT2D eigenvalue weighted by molar-refractivity contribution is 5.91. The first-order valence-electron chi connectivity index (χ1n) is 6.01. The van der Waals surface area contributed by atoms with Crippen LogP contribution in [0.5, 0.6) is 5.75 Å². The molecule has 0 N–H and O–H groups in total. The first-order chi connectivity index (χ1) is 9.47. The fraction of sp³-hybridized carbons (Fsp3) is 0.133. The molecule has 0 saturated heterocycles. The molecule has 20 heavy (non-hydrogen) atoms. The highest BCUT2D eigenvalue weighted by atomic mass is 16.6. The van der Waals surface area contributed by atoms with Gasteiger partial charge in [0.1, 0.15) is 5.75 Å². The molecule has 0 heterocycles. The molecule has 2 aromatic carbocycles. The average Bonchev–Trinajstić information content (AvgIpc) is 2.38. The van der Waals surface area contributed by atoms with Crippen LogP contribution in [0.25, 0.3) is 0 Å². The van der Waals surface area contributed by atoms with Gasteiger partial charge in [0.15, 0.2) is 0 Å². The van der Waals surface area contributed by atoms with Gasteiger partial charge in [0.05, 0.1) is 10.5 Å². The molecule has 0 aliphatic heterocycles. The Labute approximate surface area is 116 Å². The van der Waals surface area contributed by atoms with E-state index in [1.54, 1.807) is 25.1 Å². The van der Waals surface area contributed by atoms with Gasteiger partial charge in [0.25, 0.3) is 5.69 Å². The molecule has 5 heteroatoms. The Morgan fingerprint density at radius 1 is 1.15 bits per heavy atom. The van der Waals surface area contributed by atoms with Gasteiger partial charge in [-0.3, -0.25) is 10.1 Å². The number of carbonyl (C=O) groups excluding carboxylic acids is 1. The van der Waals surface area contributed by atoms with Crippen molar-refractivity contribution in [3.05, 3.63) is 69.3 Å². The van der Waals surface area contributed by atoms with E-state index in [0.29, 0.717) is 16.9 Å². The number of benzene rings is 2. The molecule has 0 aromatic heterocycles. The van der Waals surface area contributed by atoms with E-state index in [1.165, 1.54) is 18.2 Å². The Morgan fingerprint density at radius 3 is 2.50 bits per heavy atom. The summed E-state index contributed by atoms with van der Waals surface area (Å²) in [6.45, 7) is 3.48. The van der Waals surface area contributed by atoms with Crippen LogP contribution in [0.4, 0.5) is 5.69 Å². The smallest absolute Gasteiger partial charge is 0.343 e. The largest absolute Gasteiger partial charge is 0.423 e. The van der Waals surface area contributed by atoms with Crippen molar-refractivity contribution in [3.63, 3.8) is 0 Å². The second-order valence-electron chi connectivity index (χ2n) is 4.46. The average molecular weight is 271 g/mol. The van der Waals surface area contributed by atoms with Gasteiger partial charge in [-0.15, -0.1) is 0 Å². The molecule has 0 aliphatic rings. The highest BCUT2D eigenvalue weighted by Gasteiger charge is 2.13. The van der Waals surface area contributed by atoms with Gasteiger partial charge in [0, 0.05) is 11.6 Å². The third-order valence-corrected chi connectivity index (χ3v) is 2.83. The second-order valence-corrected chi connectivity index (χ2v) is 4.46. The van der Waals surface area contributed by atoms with Crippen molar-refractivity contribution in [3.8, 4) is 5.75 Å². The minimum Gasteiger partial charge on any atom is -0.423 e. The van der Waals surface area contributed by atoms with Crippen LogP contribution in [0, 0.1) is 24.0 Å². The van der Waals surface area contributed by atoms with E-state index < -0.39 is 10.9 Å². The summed E-state index contributed by atoms with van der Waals surface area (Å²) in [5, 5.41) is 10.7. The number of carbonyl (C=O) groups is 1. The van der Waals surface area contributed by atoms with E-state index >= 15 is 0 Å². The molecular weight excluding hydrogens is 258 g/mol. The van der Waals surface area contributed by atoms with Crippen molar-refractivity contribution < 1.29 is 14.5 Å². The zero-order chi connectivity index (χ0) is 14.7. The Hall–Kier alpha value is -2.69. The van der Waals surface area contributed by atoms with E-state index in [-0.39, 0.29) is 5.69 Å². The summed E-state index contributed by atoms with van der Waals surface area (Å²) in [6.07, 6.45) is 0. The molecule has 0 unspecified atom stereocenters. The molecule has 0 saturated carbocycles. The predicted octanol–water partition coefficient (Wildman–Crippen LogP) is 3.43. The van der Waals surface area contributed by atoms with Crippen molar-refractivity contribution in [1.82, 2.24) is 0 Å². The summed E-state index contributed by atoms with van der Waals surface area (Å²) < 4.78 is 5.21. The molecule has 5 nitrogen and oxygen atoms in total. The zero-order valence-electron chi connectivity index (χ0n) is 11.1. The van der Waals surface area contributed by atoms with Crippen LogP contribution in [0.2, 0.25) is 0 Å². The van der Waals surface area contributed by atoms with Crippen molar-refractivity contribution >= 4 is 11.7 Å². The molecule has 0 radical (unpaired) electrons. The van der Waals surface area contributed by atoms with Gasteiger partial charge in [-0.05, 0) is 38.1 Å². The van der Waals surface area contributed by atoms with Crippen molar-refractivity contribution in [2.45, 2.75) is 13.8 Å². The molecule has 102 valence electrons. The van der Waals surface area contributed by atoms with Crippen LogP contribution < -0.4 is 4.74 Å². The molecule has 2 rings (SSSR count). The molecule has 0 fully saturated rings. The number of hydrogen-bond donors (Lipinski definition) is 0. The number of nitrogens with zero attached hydrogens (tertiary/aromatic N) is 1. The maximum Gasteiger partial charge on any atom is 0.343 e.